The fraction of sp³-hybridized carbons (Fsp3) is 0.653. The van der Waals surface area contributed by atoms with Crippen molar-refractivity contribution in [2.75, 3.05) is 147 Å². The Hall–Kier alpha value is -8.30. The lowest BCUT2D eigenvalue weighted by Gasteiger charge is -2.41. The molecule has 0 spiro atoms. The maximum Gasteiger partial charge on any atom is 0.253 e. The van der Waals surface area contributed by atoms with Crippen LogP contribution < -0.4 is 31.9 Å². The van der Waals surface area contributed by atoms with Crippen LogP contribution in [0.25, 0.3) is 0 Å². The predicted molar refractivity (Wildman–Crippen MR) is 391 cm³/mol. The second-order valence-corrected chi connectivity index (χ2v) is 27.8. The van der Waals surface area contributed by atoms with Crippen LogP contribution in [0, 0.1) is 23.7 Å². The minimum absolute atomic E-state index is 0.00795. The molecular weight excluding hydrogens is 1370 g/mol. The monoisotopic (exact) mass is 1490 g/mol. The number of nitrogens with one attached hydrogen (secondary N) is 6. The van der Waals surface area contributed by atoms with Gasteiger partial charge in [0, 0.05) is 92.6 Å². The van der Waals surface area contributed by atoms with E-state index in [9.17, 15) is 62.6 Å². The number of hydrogen-bond acceptors (Lipinski definition) is 20. The van der Waals surface area contributed by atoms with Gasteiger partial charge in [-0.3, -0.25) is 67.3 Å². The molecule has 3 heterocycles. The van der Waals surface area contributed by atoms with Crippen molar-refractivity contribution in [3.05, 3.63) is 83.9 Å². The highest BCUT2D eigenvalue weighted by molar-refractivity contribution is 6.13. The molecule has 3 aliphatic heterocycles. The first-order valence-corrected chi connectivity index (χ1v) is 36.8. The zero-order valence-corrected chi connectivity index (χ0v) is 63.9. The van der Waals surface area contributed by atoms with Crippen LogP contribution in [0.5, 0.6) is 0 Å². The number of carbonyl (C=O) groups is 12. The van der Waals surface area contributed by atoms with Crippen LogP contribution >= 0.6 is 0 Å². The molecule has 2 aromatic rings. The summed E-state index contributed by atoms with van der Waals surface area (Å²) in [6.45, 7) is 15.9. The van der Waals surface area contributed by atoms with Crippen molar-refractivity contribution in [2.45, 2.75) is 148 Å². The Kier molecular flexibility index (Phi) is 38.4. The van der Waals surface area contributed by atoms with Crippen molar-refractivity contribution < 1.29 is 91.1 Å². The van der Waals surface area contributed by atoms with Crippen molar-refractivity contribution in [3.63, 3.8) is 0 Å². The predicted octanol–water partition coefficient (Wildman–Crippen LogP) is 0.371. The number of aliphatic hydroxyl groups excluding tert-OH is 1. The first-order chi connectivity index (χ1) is 50.6. The molecule has 2 saturated heterocycles. The van der Waals surface area contributed by atoms with Crippen molar-refractivity contribution in [2.24, 2.45) is 23.7 Å². The second-order valence-electron chi connectivity index (χ2n) is 27.8. The van der Waals surface area contributed by atoms with Crippen molar-refractivity contribution >= 4 is 70.9 Å². The first-order valence-electron chi connectivity index (χ1n) is 36.8. The molecule has 12 amide bonds. The van der Waals surface area contributed by atoms with E-state index in [1.54, 1.807) is 106 Å². The summed E-state index contributed by atoms with van der Waals surface area (Å²) in [4.78, 5) is 171. The average molecular weight is 1490 g/mol. The highest BCUT2D eigenvalue weighted by Gasteiger charge is 2.44. The topological polar surface area (TPSA) is 372 Å². The number of likely N-dealkylation sites (tertiary alicyclic amines) is 1. The third kappa shape index (κ3) is 28.1. The van der Waals surface area contributed by atoms with Gasteiger partial charge in [0.05, 0.1) is 128 Å². The molecule has 0 aromatic heterocycles. The minimum atomic E-state index is -1.24. The van der Waals surface area contributed by atoms with Gasteiger partial charge in [-0.15, -0.1) is 0 Å². The molecule has 0 saturated carbocycles. The van der Waals surface area contributed by atoms with E-state index in [1.807, 2.05) is 32.0 Å². The van der Waals surface area contributed by atoms with Crippen LogP contribution in [0.2, 0.25) is 0 Å². The zero-order valence-electron chi connectivity index (χ0n) is 63.9. The van der Waals surface area contributed by atoms with Gasteiger partial charge in [0.25, 0.3) is 11.8 Å². The number of rotatable bonds is 35. The Bertz CT molecular complexity index is 3170. The highest BCUT2D eigenvalue weighted by Crippen LogP contribution is 2.30. The van der Waals surface area contributed by atoms with Gasteiger partial charge in [-0.05, 0) is 48.6 Å². The molecule has 7 N–H and O–H groups in total. The van der Waals surface area contributed by atoms with Crippen LogP contribution in [-0.2, 0) is 92.4 Å². The van der Waals surface area contributed by atoms with Crippen molar-refractivity contribution in [1.82, 2.24) is 61.3 Å². The van der Waals surface area contributed by atoms with Crippen LogP contribution in [0.1, 0.15) is 105 Å². The first kappa shape index (κ1) is 88.3. The number of amides is 12. The van der Waals surface area contributed by atoms with Crippen molar-refractivity contribution in [3.8, 4) is 0 Å². The zero-order chi connectivity index (χ0) is 78.0. The number of likely N-dealkylation sites (N-methyl/N-ethyl adjacent to an activating group) is 2. The molecule has 2 fully saturated rings. The summed E-state index contributed by atoms with van der Waals surface area (Å²) in [7, 11) is 6.03. The SMILES string of the molecule is CC[C@H](C)[C@@H]([C@@H](CC(=O)N1CCC[C@@H]1[C@H](OC)[C@@H](C)C(=O)N[C@H](C)[C@@H](O)c1ccccc1)OC)N(C)C(=O)[C@@H](NC(=O)[C@H](C(C)C)N(C)C(=O)CNC(=O)[C@H](Cc1ccccc1)NC(=O)CNC(=O)CNC(=O)CN1CCOCCOCCN(C(=O)CCN2C(=O)C=CC2=O)CCOCCOCC1)C(C)C. The van der Waals surface area contributed by atoms with E-state index >= 15 is 0 Å². The van der Waals surface area contributed by atoms with E-state index < -0.39 is 145 Å². The number of aliphatic hydroxyl groups is 1. The molecular formula is C75H116N12O19. The van der Waals surface area contributed by atoms with Crippen LogP contribution in [0.4, 0.5) is 0 Å². The highest BCUT2D eigenvalue weighted by atomic mass is 16.5. The molecule has 106 heavy (non-hydrogen) atoms. The molecule has 0 unspecified atom stereocenters. The van der Waals surface area contributed by atoms with E-state index in [-0.39, 0.29) is 122 Å². The Labute approximate surface area is 623 Å². The number of methoxy groups -OCH3 is 2. The minimum Gasteiger partial charge on any atom is -0.386 e. The van der Waals surface area contributed by atoms with Gasteiger partial charge in [-0.2, -0.15) is 0 Å². The molecule has 0 bridgehead atoms. The number of hydrogen-bond donors (Lipinski definition) is 7. The quantitative estimate of drug-likeness (QED) is 0.0458. The Balaban J connectivity index is 1.11. The molecule has 31 heteroatoms. The second kappa shape index (κ2) is 46.0. The summed E-state index contributed by atoms with van der Waals surface area (Å²) in [5, 5.41) is 27.1. The van der Waals surface area contributed by atoms with E-state index in [1.165, 1.54) is 43.2 Å². The maximum atomic E-state index is 14.9. The van der Waals surface area contributed by atoms with Crippen molar-refractivity contribution in [1.29, 1.82) is 0 Å². The van der Waals surface area contributed by atoms with E-state index in [4.69, 9.17) is 28.4 Å². The average Bonchev–Trinajstić information content (AvgIpc) is 1.39. The lowest BCUT2D eigenvalue weighted by atomic mass is 9.89. The molecule has 11 atom stereocenters. The van der Waals surface area contributed by atoms with E-state index in [2.05, 4.69) is 31.9 Å². The van der Waals surface area contributed by atoms with E-state index in [0.29, 0.717) is 50.0 Å². The van der Waals surface area contributed by atoms with Gasteiger partial charge in [0.15, 0.2) is 0 Å². The van der Waals surface area contributed by atoms with Gasteiger partial charge in [0.1, 0.15) is 18.1 Å². The number of nitrogens with zero attached hydrogens (tertiary/aromatic N) is 6. The molecule has 5 rings (SSSR count). The number of benzene rings is 2. The lowest BCUT2D eigenvalue weighted by molar-refractivity contribution is -0.148. The summed E-state index contributed by atoms with van der Waals surface area (Å²) in [5.74, 6) is -8.05. The van der Waals surface area contributed by atoms with Gasteiger partial charge in [-0.1, -0.05) is 116 Å². The molecule has 590 valence electrons. The Morgan fingerprint density at radius 2 is 1.18 bits per heavy atom. The van der Waals surface area contributed by atoms with Gasteiger partial charge in [-0.25, -0.2) is 0 Å². The van der Waals surface area contributed by atoms with Gasteiger partial charge < -0.3 is 85.0 Å². The molecule has 2 aromatic carbocycles. The lowest BCUT2D eigenvalue weighted by Crippen LogP contribution is -2.61. The van der Waals surface area contributed by atoms with Gasteiger partial charge >= 0.3 is 0 Å². The summed E-state index contributed by atoms with van der Waals surface area (Å²) in [5.41, 5.74) is 1.33. The summed E-state index contributed by atoms with van der Waals surface area (Å²) in [6.07, 6.45) is 1.58. The normalized spacial score (nSPS) is 18.9. The maximum absolute atomic E-state index is 14.9. The Morgan fingerprint density at radius 3 is 1.74 bits per heavy atom. The fourth-order valence-corrected chi connectivity index (χ4v) is 13.2. The fourth-order valence-electron chi connectivity index (χ4n) is 13.2. The largest absolute Gasteiger partial charge is 0.386 e. The number of imide groups is 1. The van der Waals surface area contributed by atoms with Crippen LogP contribution in [-0.4, -0.2) is 300 Å². The summed E-state index contributed by atoms with van der Waals surface area (Å²) < 4.78 is 35.0. The smallest absolute Gasteiger partial charge is 0.253 e. The molecule has 3 aliphatic rings. The third-order valence-electron chi connectivity index (χ3n) is 19.5. The van der Waals surface area contributed by atoms with Crippen LogP contribution in [0.15, 0.2) is 72.8 Å². The third-order valence-corrected chi connectivity index (χ3v) is 19.5. The van der Waals surface area contributed by atoms with E-state index in [0.717, 1.165) is 4.90 Å². The number of carbonyl (C=O) groups excluding carboxylic acids is 12. The number of ether oxygens (including phenoxy) is 6. The Morgan fingerprint density at radius 1 is 0.613 bits per heavy atom. The summed E-state index contributed by atoms with van der Waals surface area (Å²) >= 11 is 0. The standard InChI is InChI=1S/C75H116N12O19/c1-13-51(6)69(58(101-11)44-65(94)86-29-20-25-57(86)71(102-12)52(7)72(97)79-53(8)70(96)55-23-18-15-19-24-55)83(10)75(100)67(49(2)3)81-74(99)68(50(4)5)82(9)66(95)47-78-73(98)56(43-54-21-16-14-17-22-54)80-60(89)46-76-59(88)45-77-61(90)48-84-31-35-103-39-41-105-37-33-85(34-38-106-42-40-104-36-32-84)62(91)28-30-87-63(92)26-27-64(87)93/h14-19,21-24,26-27,49-53,56-58,67-71,96H,13,20,25,28-48H2,1-12H3,(H,76,88)(H,77,90)(H,78,98)(H,79,97)(H,80,89)(H,81,99)/t51-,52+,53+,56-,57+,58+,67-,68-,69-,70+,71+/m0/s1. The molecule has 0 aliphatic carbocycles. The summed E-state index contributed by atoms with van der Waals surface area (Å²) in [6, 6.07) is 12.6. The molecule has 0 radical (unpaired) electrons. The molecule has 31 nitrogen and oxygen atoms in total. The van der Waals surface area contributed by atoms with Crippen LogP contribution in [0.3, 0.4) is 0 Å². The van der Waals surface area contributed by atoms with Gasteiger partial charge in [0.2, 0.25) is 59.1 Å².